The lowest BCUT2D eigenvalue weighted by molar-refractivity contribution is 0.520. The quantitative estimate of drug-likeness (QED) is 0.513. The Morgan fingerprint density at radius 1 is 1.45 bits per heavy atom. The van der Waals surface area contributed by atoms with Crippen molar-refractivity contribution in [2.24, 2.45) is 10.9 Å². The average molecular weight is 181 g/mol. The zero-order chi connectivity index (χ0) is 9.07. The molecule has 2 atom stereocenters. The standard InChI is InChI=1S/C5H15N3O2S/c1-4(6)3-5(2)8-11(7,9)10/h4-5,8H,3,6H2,1-2H3,(H2,7,9,10). The van der Waals surface area contributed by atoms with E-state index < -0.39 is 10.2 Å². The minimum atomic E-state index is -3.57. The second-order valence-electron chi connectivity index (χ2n) is 2.78. The van der Waals surface area contributed by atoms with Gasteiger partial charge in [0.25, 0.3) is 10.2 Å². The lowest BCUT2D eigenvalue weighted by Crippen LogP contribution is -2.40. The fourth-order valence-electron chi connectivity index (χ4n) is 0.886. The largest absolute Gasteiger partial charge is 0.328 e. The smallest absolute Gasteiger partial charge is 0.274 e. The van der Waals surface area contributed by atoms with Crippen molar-refractivity contribution >= 4 is 10.2 Å². The minimum Gasteiger partial charge on any atom is -0.328 e. The molecular weight excluding hydrogens is 166 g/mol. The molecule has 5 nitrogen and oxygen atoms in total. The van der Waals surface area contributed by atoms with Crippen LogP contribution in [0.5, 0.6) is 0 Å². The van der Waals surface area contributed by atoms with Gasteiger partial charge in [0.15, 0.2) is 0 Å². The fourth-order valence-corrected chi connectivity index (χ4v) is 1.54. The van der Waals surface area contributed by atoms with Gasteiger partial charge in [-0.15, -0.1) is 0 Å². The number of rotatable bonds is 4. The maximum Gasteiger partial charge on any atom is 0.274 e. The van der Waals surface area contributed by atoms with E-state index in [1.54, 1.807) is 13.8 Å². The Morgan fingerprint density at radius 2 is 1.91 bits per heavy atom. The average Bonchev–Trinajstić information content (AvgIpc) is 1.53. The molecule has 0 aliphatic heterocycles. The summed E-state index contributed by atoms with van der Waals surface area (Å²) in [5.74, 6) is 0. The van der Waals surface area contributed by atoms with Crippen LogP contribution in [0.3, 0.4) is 0 Å². The van der Waals surface area contributed by atoms with E-state index >= 15 is 0 Å². The van der Waals surface area contributed by atoms with Gasteiger partial charge in [-0.3, -0.25) is 0 Å². The molecule has 0 aliphatic rings. The summed E-state index contributed by atoms with van der Waals surface area (Å²) in [6.07, 6.45) is 0.580. The van der Waals surface area contributed by atoms with Gasteiger partial charge >= 0.3 is 0 Å². The van der Waals surface area contributed by atoms with E-state index in [0.29, 0.717) is 6.42 Å². The van der Waals surface area contributed by atoms with E-state index in [4.69, 9.17) is 10.9 Å². The number of hydrogen-bond donors (Lipinski definition) is 3. The van der Waals surface area contributed by atoms with E-state index in [-0.39, 0.29) is 12.1 Å². The summed E-state index contributed by atoms with van der Waals surface area (Å²) in [5, 5.41) is 4.73. The fraction of sp³-hybridized carbons (Fsp3) is 1.00. The van der Waals surface area contributed by atoms with E-state index in [9.17, 15) is 8.42 Å². The van der Waals surface area contributed by atoms with E-state index in [2.05, 4.69) is 4.72 Å². The third kappa shape index (κ3) is 7.73. The molecule has 0 heterocycles. The van der Waals surface area contributed by atoms with Crippen LogP contribution in [0.4, 0.5) is 0 Å². The second-order valence-corrected chi connectivity index (χ2v) is 4.10. The first-order valence-corrected chi connectivity index (χ1v) is 4.91. The zero-order valence-electron chi connectivity index (χ0n) is 6.74. The molecule has 6 heteroatoms. The van der Waals surface area contributed by atoms with E-state index in [1.165, 1.54) is 0 Å². The van der Waals surface area contributed by atoms with Gasteiger partial charge in [0.05, 0.1) is 0 Å². The van der Waals surface area contributed by atoms with Crippen molar-refractivity contribution in [3.8, 4) is 0 Å². The van der Waals surface area contributed by atoms with Crippen LogP contribution in [-0.2, 0) is 10.2 Å². The van der Waals surface area contributed by atoms with Crippen molar-refractivity contribution in [3.63, 3.8) is 0 Å². The number of nitrogens with one attached hydrogen (secondary N) is 1. The number of hydrogen-bond acceptors (Lipinski definition) is 3. The zero-order valence-corrected chi connectivity index (χ0v) is 7.56. The summed E-state index contributed by atoms with van der Waals surface area (Å²) in [6.45, 7) is 3.52. The first-order valence-electron chi connectivity index (χ1n) is 3.37. The molecule has 0 saturated heterocycles. The molecule has 0 aromatic heterocycles. The van der Waals surface area contributed by atoms with Gasteiger partial charge in [0.2, 0.25) is 0 Å². The van der Waals surface area contributed by atoms with Crippen LogP contribution >= 0.6 is 0 Å². The van der Waals surface area contributed by atoms with Crippen LogP contribution in [0.25, 0.3) is 0 Å². The normalized spacial score (nSPS) is 17.8. The predicted octanol–water partition coefficient (Wildman–Crippen LogP) is -1.09. The molecule has 0 saturated carbocycles. The molecule has 5 N–H and O–H groups in total. The van der Waals surface area contributed by atoms with Crippen molar-refractivity contribution in [1.82, 2.24) is 4.72 Å². The maximum atomic E-state index is 10.4. The Morgan fingerprint density at radius 3 is 2.18 bits per heavy atom. The molecule has 0 aromatic carbocycles. The van der Waals surface area contributed by atoms with E-state index in [1.807, 2.05) is 0 Å². The second kappa shape index (κ2) is 4.01. The molecule has 0 spiro atoms. The van der Waals surface area contributed by atoms with Gasteiger partial charge in [0.1, 0.15) is 0 Å². The van der Waals surface area contributed by atoms with Gasteiger partial charge in [-0.1, -0.05) is 0 Å². The Labute approximate surface area is 67.3 Å². The van der Waals surface area contributed by atoms with Crippen LogP contribution in [0.1, 0.15) is 20.3 Å². The van der Waals surface area contributed by atoms with Gasteiger partial charge in [-0.2, -0.15) is 13.1 Å². The molecule has 0 rings (SSSR count). The van der Waals surface area contributed by atoms with Gasteiger partial charge in [-0.25, -0.2) is 5.14 Å². The number of nitrogens with two attached hydrogens (primary N) is 2. The lowest BCUT2D eigenvalue weighted by Gasteiger charge is -2.13. The van der Waals surface area contributed by atoms with Crippen molar-refractivity contribution in [3.05, 3.63) is 0 Å². The Balaban J connectivity index is 3.80. The molecule has 68 valence electrons. The summed E-state index contributed by atoms with van der Waals surface area (Å²) in [5.41, 5.74) is 5.44. The summed E-state index contributed by atoms with van der Waals surface area (Å²) in [6, 6.07) is -0.232. The first-order chi connectivity index (χ1) is 4.81. The lowest BCUT2D eigenvalue weighted by atomic mass is 10.1. The maximum absolute atomic E-state index is 10.4. The van der Waals surface area contributed by atoms with Crippen molar-refractivity contribution in [2.75, 3.05) is 0 Å². The van der Waals surface area contributed by atoms with Crippen molar-refractivity contribution in [2.45, 2.75) is 32.4 Å². The Hall–Kier alpha value is -0.170. The van der Waals surface area contributed by atoms with Crippen LogP contribution in [0.15, 0.2) is 0 Å². The molecule has 0 bridgehead atoms. The van der Waals surface area contributed by atoms with Gasteiger partial charge < -0.3 is 5.73 Å². The van der Waals surface area contributed by atoms with E-state index in [0.717, 1.165) is 0 Å². The highest BCUT2D eigenvalue weighted by atomic mass is 32.2. The molecule has 0 fully saturated rings. The SMILES string of the molecule is CC(N)CC(C)NS(N)(=O)=O. The Bertz CT molecular complexity index is 200. The molecule has 0 aliphatic carbocycles. The van der Waals surface area contributed by atoms with Gasteiger partial charge in [-0.05, 0) is 20.3 Å². The summed E-state index contributed by atoms with van der Waals surface area (Å²) < 4.78 is 23.1. The molecule has 0 amide bonds. The highest BCUT2D eigenvalue weighted by Crippen LogP contribution is 1.94. The van der Waals surface area contributed by atoms with Crippen LogP contribution in [-0.4, -0.2) is 20.5 Å². The van der Waals surface area contributed by atoms with Crippen molar-refractivity contribution < 1.29 is 8.42 Å². The molecule has 2 unspecified atom stereocenters. The van der Waals surface area contributed by atoms with Crippen LogP contribution in [0, 0.1) is 0 Å². The summed E-state index contributed by atoms with van der Waals surface area (Å²) in [4.78, 5) is 0. The third-order valence-corrected chi connectivity index (χ3v) is 1.82. The summed E-state index contributed by atoms with van der Waals surface area (Å²) in [7, 11) is -3.57. The highest BCUT2D eigenvalue weighted by Gasteiger charge is 2.09. The van der Waals surface area contributed by atoms with Crippen molar-refractivity contribution in [1.29, 1.82) is 0 Å². The molecule has 0 aromatic rings. The molecule has 0 radical (unpaired) electrons. The Kier molecular flexibility index (Phi) is 3.95. The predicted molar refractivity (Wildman–Crippen MR) is 44.0 cm³/mol. The van der Waals surface area contributed by atoms with Crippen LogP contribution in [0.2, 0.25) is 0 Å². The van der Waals surface area contributed by atoms with Crippen LogP contribution < -0.4 is 15.6 Å². The topological polar surface area (TPSA) is 98.2 Å². The monoisotopic (exact) mass is 181 g/mol. The molecular formula is C5H15N3O2S. The van der Waals surface area contributed by atoms with Gasteiger partial charge in [0, 0.05) is 12.1 Å². The first kappa shape index (κ1) is 10.8. The minimum absolute atomic E-state index is 0.0285. The summed E-state index contributed by atoms with van der Waals surface area (Å²) >= 11 is 0. The molecule has 11 heavy (non-hydrogen) atoms. The highest BCUT2D eigenvalue weighted by molar-refractivity contribution is 7.87. The third-order valence-electron chi connectivity index (χ3n) is 1.09.